The van der Waals surface area contributed by atoms with E-state index in [2.05, 4.69) is 18.3 Å². The van der Waals surface area contributed by atoms with E-state index in [9.17, 15) is 0 Å². The van der Waals surface area contributed by atoms with Crippen molar-refractivity contribution in [1.29, 1.82) is 0 Å². The molecule has 1 aliphatic rings. The monoisotopic (exact) mass is 139 g/mol. The highest BCUT2D eigenvalue weighted by molar-refractivity contribution is 4.97. The van der Waals surface area contributed by atoms with Gasteiger partial charge in [0, 0.05) is 6.04 Å². The van der Waals surface area contributed by atoms with Crippen molar-refractivity contribution >= 4 is 0 Å². The minimum atomic E-state index is 0.597. The average Bonchev–Trinajstić information content (AvgIpc) is 2.17. The minimum Gasteiger partial charge on any atom is -0.313 e. The van der Waals surface area contributed by atoms with Gasteiger partial charge in [0.25, 0.3) is 0 Å². The van der Waals surface area contributed by atoms with Crippen LogP contribution in [0.3, 0.4) is 0 Å². The van der Waals surface area contributed by atoms with Crippen molar-refractivity contribution in [2.75, 3.05) is 6.54 Å². The smallest absolute Gasteiger partial charge is 0.0136 e. The summed E-state index contributed by atoms with van der Waals surface area (Å²) in [5.41, 5.74) is 0. The lowest BCUT2D eigenvalue weighted by atomic mass is 10.2. The van der Waals surface area contributed by atoms with Crippen LogP contribution in [0, 0.1) is 6.42 Å². The lowest BCUT2D eigenvalue weighted by Crippen LogP contribution is -2.27. The van der Waals surface area contributed by atoms with Crippen LogP contribution in [0.2, 0.25) is 0 Å². The summed E-state index contributed by atoms with van der Waals surface area (Å²) in [6.45, 7) is 4.87. The van der Waals surface area contributed by atoms with E-state index in [1.165, 1.54) is 32.2 Å². The molecule has 1 saturated heterocycles. The van der Waals surface area contributed by atoms with E-state index in [-0.39, 0.29) is 0 Å². The molecule has 1 heteroatoms. The van der Waals surface area contributed by atoms with Gasteiger partial charge in [-0.2, -0.15) is 0 Å². The summed E-state index contributed by atoms with van der Waals surface area (Å²) in [5.74, 6) is 0. The zero-order chi connectivity index (χ0) is 7.23. The second-order valence-corrected chi connectivity index (χ2v) is 2.84. The Morgan fingerprint density at radius 3 is 3.00 bits per heavy atom. The Balaban J connectivity index is 2.21. The molecule has 1 fully saturated rings. The minimum absolute atomic E-state index is 0.597. The maximum atomic E-state index is 3.69. The van der Waals surface area contributed by atoms with E-state index in [0.29, 0.717) is 6.04 Å². The molecule has 0 aliphatic carbocycles. The van der Waals surface area contributed by atoms with E-state index in [1.807, 2.05) is 6.08 Å². The Morgan fingerprint density at radius 2 is 2.20 bits per heavy atom. The van der Waals surface area contributed by atoms with Gasteiger partial charge in [0.1, 0.15) is 0 Å². The normalized spacial score (nSPS) is 27.4. The molecule has 0 saturated carbocycles. The molecule has 0 aromatic carbocycles. The van der Waals surface area contributed by atoms with Gasteiger partial charge < -0.3 is 5.32 Å². The Morgan fingerprint density at radius 1 is 1.30 bits per heavy atom. The maximum Gasteiger partial charge on any atom is 0.0136 e. The molecule has 1 unspecified atom stereocenters. The second-order valence-electron chi connectivity index (χ2n) is 2.84. The van der Waals surface area contributed by atoms with Crippen LogP contribution in [-0.2, 0) is 0 Å². The third kappa shape index (κ3) is 2.53. The van der Waals surface area contributed by atoms with Crippen LogP contribution in [0.1, 0.15) is 25.7 Å². The quantitative estimate of drug-likeness (QED) is 0.576. The van der Waals surface area contributed by atoms with Gasteiger partial charge >= 0.3 is 0 Å². The van der Waals surface area contributed by atoms with Crippen LogP contribution in [0.25, 0.3) is 0 Å². The van der Waals surface area contributed by atoms with Crippen LogP contribution in [-0.4, -0.2) is 12.6 Å². The number of rotatable bonds is 2. The van der Waals surface area contributed by atoms with Gasteiger partial charge in [0.05, 0.1) is 0 Å². The molecule has 0 amide bonds. The Bertz CT molecular complexity index is 90.9. The first-order chi connectivity index (χ1) is 4.93. The van der Waals surface area contributed by atoms with Crippen molar-refractivity contribution in [2.45, 2.75) is 31.7 Å². The number of nitrogens with one attached hydrogen (secondary N) is 1. The average molecular weight is 139 g/mol. The van der Waals surface area contributed by atoms with Crippen molar-refractivity contribution in [3.63, 3.8) is 0 Å². The predicted octanol–water partition coefficient (Wildman–Crippen LogP) is 1.91. The first-order valence-electron chi connectivity index (χ1n) is 4.13. The third-order valence-electron chi connectivity index (χ3n) is 1.97. The van der Waals surface area contributed by atoms with Gasteiger partial charge in [-0.3, -0.25) is 0 Å². The topological polar surface area (TPSA) is 12.0 Å². The largest absolute Gasteiger partial charge is 0.313 e. The molecule has 57 valence electrons. The van der Waals surface area contributed by atoms with E-state index in [4.69, 9.17) is 0 Å². The summed E-state index contributed by atoms with van der Waals surface area (Å²) in [7, 11) is 0. The van der Waals surface area contributed by atoms with Crippen molar-refractivity contribution in [3.05, 3.63) is 19.1 Å². The first-order valence-corrected chi connectivity index (χ1v) is 4.13. The van der Waals surface area contributed by atoms with E-state index in [1.54, 1.807) is 0 Å². The molecule has 0 aromatic rings. The fourth-order valence-electron chi connectivity index (χ4n) is 1.38. The SMILES string of the molecule is C=C[CH][13CH]1CCCCCN1. The molecule has 10 heavy (non-hydrogen) atoms. The summed E-state index contributed by atoms with van der Waals surface area (Å²) in [6, 6.07) is 0.597. The van der Waals surface area contributed by atoms with Gasteiger partial charge in [-0.1, -0.05) is 18.9 Å². The molecule has 0 spiro atoms. The Hall–Kier alpha value is -0.300. The fraction of sp³-hybridized carbons (Fsp3) is 0.667. The van der Waals surface area contributed by atoms with Crippen LogP contribution in [0.4, 0.5) is 0 Å². The second kappa shape index (κ2) is 4.51. The van der Waals surface area contributed by atoms with Crippen molar-refractivity contribution < 1.29 is 0 Å². The molecule has 1 heterocycles. The number of hydrogen-bond acceptors (Lipinski definition) is 1. The summed E-state index contributed by atoms with van der Waals surface area (Å²) in [6.07, 6.45) is 9.41. The molecular weight excluding hydrogens is 123 g/mol. The van der Waals surface area contributed by atoms with Crippen LogP contribution >= 0.6 is 0 Å². The molecule has 1 rings (SSSR count). The van der Waals surface area contributed by atoms with E-state index < -0.39 is 0 Å². The van der Waals surface area contributed by atoms with Crippen molar-refractivity contribution in [1.82, 2.24) is 5.32 Å². The van der Waals surface area contributed by atoms with Crippen molar-refractivity contribution in [3.8, 4) is 0 Å². The standard InChI is InChI=1S/C9H16N/c1-2-6-9-7-4-3-5-8-10-9/h2,6,9-10H,1,3-5,7-8H2/i9+1. The van der Waals surface area contributed by atoms with Gasteiger partial charge in [-0.05, 0) is 25.8 Å². The summed E-state index contributed by atoms with van der Waals surface area (Å²) >= 11 is 0. The van der Waals surface area contributed by atoms with Gasteiger partial charge in [-0.15, -0.1) is 6.58 Å². The van der Waals surface area contributed by atoms with Gasteiger partial charge in [0.15, 0.2) is 0 Å². The molecule has 0 bridgehead atoms. The molecular formula is C9H16N. The first kappa shape index (κ1) is 7.80. The van der Waals surface area contributed by atoms with E-state index >= 15 is 0 Å². The molecule has 1 radical (unpaired) electrons. The molecule has 1 N–H and O–H groups in total. The maximum absolute atomic E-state index is 3.69. The molecule has 1 nitrogen and oxygen atoms in total. The van der Waals surface area contributed by atoms with Crippen molar-refractivity contribution in [2.24, 2.45) is 0 Å². The lowest BCUT2D eigenvalue weighted by Gasteiger charge is -2.11. The highest BCUT2D eigenvalue weighted by Gasteiger charge is 2.08. The summed E-state index contributed by atoms with van der Waals surface area (Å²) < 4.78 is 0. The van der Waals surface area contributed by atoms with Crippen LogP contribution in [0.5, 0.6) is 0 Å². The van der Waals surface area contributed by atoms with Gasteiger partial charge in [-0.25, -0.2) is 0 Å². The van der Waals surface area contributed by atoms with Gasteiger partial charge in [0.2, 0.25) is 0 Å². The fourth-order valence-corrected chi connectivity index (χ4v) is 1.38. The van der Waals surface area contributed by atoms with E-state index in [0.717, 1.165) is 0 Å². The molecule has 0 aromatic heterocycles. The summed E-state index contributed by atoms with van der Waals surface area (Å²) in [4.78, 5) is 0. The molecule has 1 atom stereocenters. The highest BCUT2D eigenvalue weighted by Crippen LogP contribution is 2.09. The predicted molar refractivity (Wildman–Crippen MR) is 44.8 cm³/mol. The zero-order valence-electron chi connectivity index (χ0n) is 6.47. The van der Waals surface area contributed by atoms with Crippen LogP contribution in [0.15, 0.2) is 12.7 Å². The Labute approximate surface area is 63.5 Å². The van der Waals surface area contributed by atoms with Crippen LogP contribution < -0.4 is 5.32 Å². The summed E-state index contributed by atoms with van der Waals surface area (Å²) in [5, 5.41) is 3.46. The molecule has 1 aliphatic heterocycles. The zero-order valence-corrected chi connectivity index (χ0v) is 6.47. The lowest BCUT2D eigenvalue weighted by molar-refractivity contribution is 0.577. The Kier molecular flexibility index (Phi) is 3.52. The highest BCUT2D eigenvalue weighted by atomic mass is 15.1. The third-order valence-corrected chi connectivity index (χ3v) is 1.97. The number of hydrogen-bond donors (Lipinski definition) is 1.